The molecule has 1 aromatic carbocycles. The van der Waals surface area contributed by atoms with E-state index in [-0.39, 0.29) is 19.1 Å². The summed E-state index contributed by atoms with van der Waals surface area (Å²) in [6.07, 6.45) is 0.882. The highest BCUT2D eigenvalue weighted by Crippen LogP contribution is 2.26. The molecule has 1 aromatic rings. The van der Waals surface area contributed by atoms with Crippen molar-refractivity contribution < 1.29 is 14.6 Å². The van der Waals surface area contributed by atoms with Crippen molar-refractivity contribution in [3.05, 3.63) is 28.2 Å². The molecule has 112 valence electrons. The lowest BCUT2D eigenvalue weighted by molar-refractivity contribution is -0.131. The Morgan fingerprint density at radius 2 is 2.10 bits per heavy atom. The molecule has 0 spiro atoms. The minimum Gasteiger partial charge on any atom is -0.493 e. The lowest BCUT2D eigenvalue weighted by Crippen LogP contribution is -2.33. The van der Waals surface area contributed by atoms with Crippen molar-refractivity contribution in [3.8, 4) is 5.75 Å². The maximum atomic E-state index is 11.9. The van der Waals surface area contributed by atoms with E-state index < -0.39 is 0 Å². The standard InChI is InChI=1S/C14H19Cl2NO3/c1-2-17(7-3-8-18)14(19)6-9-20-11-4-5-12(15)13(16)10-11/h4-5,10,18H,2-3,6-9H2,1H3. The molecule has 0 aliphatic heterocycles. The highest BCUT2D eigenvalue weighted by atomic mass is 35.5. The lowest BCUT2D eigenvalue weighted by Gasteiger charge is -2.20. The summed E-state index contributed by atoms with van der Waals surface area (Å²) in [5.74, 6) is 0.603. The molecule has 0 bridgehead atoms. The summed E-state index contributed by atoms with van der Waals surface area (Å²) in [5.41, 5.74) is 0. The Labute approximate surface area is 129 Å². The second kappa shape index (κ2) is 9.06. The molecular weight excluding hydrogens is 301 g/mol. The number of hydrogen-bond donors (Lipinski definition) is 1. The first-order valence-electron chi connectivity index (χ1n) is 6.55. The summed E-state index contributed by atoms with van der Waals surface area (Å²) >= 11 is 11.7. The number of rotatable bonds is 8. The summed E-state index contributed by atoms with van der Waals surface area (Å²) in [4.78, 5) is 13.6. The van der Waals surface area contributed by atoms with Gasteiger partial charge in [-0.2, -0.15) is 0 Å². The van der Waals surface area contributed by atoms with Crippen molar-refractivity contribution in [2.75, 3.05) is 26.3 Å². The van der Waals surface area contributed by atoms with Crippen LogP contribution < -0.4 is 4.74 Å². The minimum absolute atomic E-state index is 0.0148. The molecule has 0 radical (unpaired) electrons. The molecule has 0 aliphatic rings. The Kier molecular flexibility index (Phi) is 7.73. The number of amides is 1. The van der Waals surface area contributed by atoms with Crippen molar-refractivity contribution >= 4 is 29.1 Å². The zero-order valence-corrected chi connectivity index (χ0v) is 13.0. The molecule has 0 aromatic heterocycles. The van der Waals surface area contributed by atoms with Gasteiger partial charge in [0.15, 0.2) is 0 Å². The van der Waals surface area contributed by atoms with Crippen LogP contribution in [0.1, 0.15) is 19.8 Å². The van der Waals surface area contributed by atoms with E-state index in [4.69, 9.17) is 33.0 Å². The minimum atomic E-state index is 0.0148. The number of aliphatic hydroxyl groups is 1. The fraction of sp³-hybridized carbons (Fsp3) is 0.500. The van der Waals surface area contributed by atoms with Crippen molar-refractivity contribution in [2.45, 2.75) is 19.8 Å². The third-order valence-corrected chi connectivity index (χ3v) is 3.54. The van der Waals surface area contributed by atoms with Gasteiger partial charge in [0.1, 0.15) is 5.75 Å². The van der Waals surface area contributed by atoms with Gasteiger partial charge in [0.05, 0.1) is 23.1 Å². The normalized spacial score (nSPS) is 10.4. The Morgan fingerprint density at radius 3 is 2.70 bits per heavy atom. The fourth-order valence-corrected chi connectivity index (χ4v) is 1.99. The Bertz CT molecular complexity index is 440. The summed E-state index contributed by atoms with van der Waals surface area (Å²) in [6.45, 7) is 3.48. The number of nitrogens with zero attached hydrogens (tertiary/aromatic N) is 1. The van der Waals surface area contributed by atoms with Gasteiger partial charge in [-0.3, -0.25) is 4.79 Å². The van der Waals surface area contributed by atoms with E-state index in [1.807, 2.05) is 6.92 Å². The largest absolute Gasteiger partial charge is 0.493 e. The number of benzene rings is 1. The lowest BCUT2D eigenvalue weighted by atomic mass is 10.3. The molecule has 20 heavy (non-hydrogen) atoms. The van der Waals surface area contributed by atoms with Crippen molar-refractivity contribution in [3.63, 3.8) is 0 Å². The van der Waals surface area contributed by atoms with Crippen LogP contribution in [0.2, 0.25) is 10.0 Å². The molecule has 0 heterocycles. The number of hydrogen-bond acceptors (Lipinski definition) is 3. The third kappa shape index (κ3) is 5.57. The zero-order valence-electron chi connectivity index (χ0n) is 11.4. The van der Waals surface area contributed by atoms with Gasteiger partial charge in [0.2, 0.25) is 5.91 Å². The second-order valence-electron chi connectivity index (χ2n) is 4.22. The van der Waals surface area contributed by atoms with E-state index in [1.165, 1.54) is 0 Å². The van der Waals surface area contributed by atoms with E-state index >= 15 is 0 Å². The van der Waals surface area contributed by atoms with Crippen LogP contribution in [-0.4, -0.2) is 42.2 Å². The number of halogens is 2. The van der Waals surface area contributed by atoms with Crippen LogP contribution in [-0.2, 0) is 4.79 Å². The molecule has 0 unspecified atom stereocenters. The van der Waals surface area contributed by atoms with Gasteiger partial charge in [-0.1, -0.05) is 23.2 Å². The zero-order chi connectivity index (χ0) is 15.0. The SMILES string of the molecule is CCN(CCCO)C(=O)CCOc1ccc(Cl)c(Cl)c1. The van der Waals surface area contributed by atoms with E-state index in [0.29, 0.717) is 41.7 Å². The molecule has 0 fully saturated rings. The van der Waals surface area contributed by atoms with Crippen molar-refractivity contribution in [1.82, 2.24) is 4.90 Å². The Morgan fingerprint density at radius 1 is 1.35 bits per heavy atom. The first-order valence-corrected chi connectivity index (χ1v) is 7.30. The number of carbonyl (C=O) groups is 1. The third-order valence-electron chi connectivity index (χ3n) is 2.80. The van der Waals surface area contributed by atoms with E-state index in [1.54, 1.807) is 23.1 Å². The smallest absolute Gasteiger partial charge is 0.225 e. The second-order valence-corrected chi connectivity index (χ2v) is 5.04. The summed E-state index contributed by atoms with van der Waals surface area (Å²) < 4.78 is 5.47. The van der Waals surface area contributed by atoms with Gasteiger partial charge < -0.3 is 14.7 Å². The van der Waals surface area contributed by atoms with Crippen LogP contribution in [0.5, 0.6) is 5.75 Å². The van der Waals surface area contributed by atoms with Crippen LogP contribution in [0, 0.1) is 0 Å². The van der Waals surface area contributed by atoms with Gasteiger partial charge in [0, 0.05) is 25.8 Å². The van der Waals surface area contributed by atoms with Crippen molar-refractivity contribution in [2.24, 2.45) is 0 Å². The quantitative estimate of drug-likeness (QED) is 0.801. The molecule has 0 aliphatic carbocycles. The molecule has 1 amide bonds. The molecule has 0 atom stereocenters. The first kappa shape index (κ1) is 17.1. The van der Waals surface area contributed by atoms with Gasteiger partial charge in [-0.05, 0) is 25.5 Å². The van der Waals surface area contributed by atoms with Crippen LogP contribution in [0.15, 0.2) is 18.2 Å². The monoisotopic (exact) mass is 319 g/mol. The summed E-state index contributed by atoms with van der Waals surface area (Å²) in [5, 5.41) is 9.67. The molecule has 0 saturated heterocycles. The summed E-state index contributed by atoms with van der Waals surface area (Å²) in [6, 6.07) is 4.99. The van der Waals surface area contributed by atoms with Crippen LogP contribution >= 0.6 is 23.2 Å². The molecule has 1 rings (SSSR count). The van der Waals surface area contributed by atoms with Gasteiger partial charge in [0.25, 0.3) is 0 Å². The van der Waals surface area contributed by atoms with Crippen LogP contribution in [0.3, 0.4) is 0 Å². The van der Waals surface area contributed by atoms with E-state index in [2.05, 4.69) is 0 Å². The average molecular weight is 320 g/mol. The number of aliphatic hydroxyl groups excluding tert-OH is 1. The van der Waals surface area contributed by atoms with Crippen LogP contribution in [0.4, 0.5) is 0 Å². The number of carbonyl (C=O) groups excluding carboxylic acids is 1. The Hall–Kier alpha value is -0.970. The fourth-order valence-electron chi connectivity index (χ4n) is 1.70. The predicted molar refractivity (Wildman–Crippen MR) is 80.5 cm³/mol. The number of ether oxygens (including phenoxy) is 1. The molecule has 0 saturated carbocycles. The van der Waals surface area contributed by atoms with Crippen LogP contribution in [0.25, 0.3) is 0 Å². The maximum Gasteiger partial charge on any atom is 0.225 e. The molecular formula is C14H19Cl2NO3. The highest BCUT2D eigenvalue weighted by molar-refractivity contribution is 6.42. The average Bonchev–Trinajstić information content (AvgIpc) is 2.43. The molecule has 6 heteroatoms. The molecule has 4 nitrogen and oxygen atoms in total. The maximum absolute atomic E-state index is 11.9. The predicted octanol–water partition coefficient (Wildman–Crippen LogP) is 2.99. The molecule has 1 N–H and O–H groups in total. The van der Waals surface area contributed by atoms with Crippen molar-refractivity contribution in [1.29, 1.82) is 0 Å². The first-order chi connectivity index (χ1) is 9.58. The Balaban J connectivity index is 2.38. The highest BCUT2D eigenvalue weighted by Gasteiger charge is 2.11. The van der Waals surface area contributed by atoms with Gasteiger partial charge >= 0.3 is 0 Å². The van der Waals surface area contributed by atoms with E-state index in [0.717, 1.165) is 0 Å². The van der Waals surface area contributed by atoms with Gasteiger partial charge in [-0.25, -0.2) is 0 Å². The summed E-state index contributed by atoms with van der Waals surface area (Å²) in [7, 11) is 0. The topological polar surface area (TPSA) is 49.8 Å². The van der Waals surface area contributed by atoms with E-state index in [9.17, 15) is 4.79 Å². The van der Waals surface area contributed by atoms with Gasteiger partial charge in [-0.15, -0.1) is 0 Å².